The highest BCUT2D eigenvalue weighted by Crippen LogP contribution is 2.21. The number of hydrogen-bond acceptors (Lipinski definition) is 2. The van der Waals surface area contributed by atoms with Gasteiger partial charge in [-0.1, -0.05) is 83.8 Å². The Morgan fingerprint density at radius 2 is 1.67 bits per heavy atom. The number of benzene rings is 1. The molecule has 1 amide bonds. The molecule has 0 saturated heterocycles. The van der Waals surface area contributed by atoms with Crippen molar-refractivity contribution in [1.29, 1.82) is 0 Å². The summed E-state index contributed by atoms with van der Waals surface area (Å²) in [5.41, 5.74) is 6.66. The zero-order valence-electron chi connectivity index (χ0n) is 20.2. The van der Waals surface area contributed by atoms with Gasteiger partial charge in [-0.2, -0.15) is 0 Å². The molecule has 0 saturated carbocycles. The highest BCUT2D eigenvalue weighted by Gasteiger charge is 2.03. The molecule has 0 bridgehead atoms. The molecule has 1 unspecified atom stereocenters. The Hall–Kier alpha value is -1.88. The van der Waals surface area contributed by atoms with Crippen molar-refractivity contribution in [3.05, 3.63) is 47.1 Å². The van der Waals surface area contributed by atoms with Crippen molar-refractivity contribution in [2.24, 2.45) is 17.6 Å². The van der Waals surface area contributed by atoms with Gasteiger partial charge in [-0.25, -0.2) is 0 Å². The molecule has 4 nitrogen and oxygen atoms in total. The van der Waals surface area contributed by atoms with E-state index in [0.717, 1.165) is 16.8 Å². The minimum absolute atomic E-state index is 0.146. The van der Waals surface area contributed by atoms with Gasteiger partial charge >= 0.3 is 0 Å². The molecular weight excluding hydrogens is 440 g/mol. The molecule has 0 fully saturated rings. The Kier molecular flexibility index (Phi) is 23.8. The molecule has 0 radical (unpaired) electrons. The summed E-state index contributed by atoms with van der Waals surface area (Å²) < 4.78 is 1.13. The number of aryl methyl sites for hydroxylation is 1. The molecule has 0 spiro atoms. The number of hydrogen-bond donors (Lipinski definition) is 2. The van der Waals surface area contributed by atoms with Crippen LogP contribution >= 0.6 is 15.9 Å². The van der Waals surface area contributed by atoms with Crippen molar-refractivity contribution in [2.45, 2.75) is 74.7 Å². The highest BCUT2D eigenvalue weighted by molar-refractivity contribution is 9.10. The van der Waals surface area contributed by atoms with Gasteiger partial charge in [0.2, 0.25) is 6.41 Å². The third-order valence-electron chi connectivity index (χ3n) is 4.54. The van der Waals surface area contributed by atoms with E-state index in [2.05, 4.69) is 73.1 Å². The second kappa shape index (κ2) is 21.8. The molecule has 1 aromatic carbocycles. The van der Waals surface area contributed by atoms with Crippen molar-refractivity contribution < 1.29 is 9.59 Å². The largest absolute Gasteiger partial charge is 0.372 e. The first-order valence-corrected chi connectivity index (χ1v) is 11.6. The fraction of sp³-hybridized carbons (Fsp3) is 0.520. The highest BCUT2D eigenvalue weighted by atomic mass is 79.9. The number of aromatic amines is 1. The number of nitrogens with one attached hydrogen (secondary N) is 1. The van der Waals surface area contributed by atoms with E-state index in [-0.39, 0.29) is 18.1 Å². The zero-order valence-corrected chi connectivity index (χ0v) is 21.8. The van der Waals surface area contributed by atoms with E-state index in [1.807, 2.05) is 40.0 Å². The van der Waals surface area contributed by atoms with Gasteiger partial charge in [-0.15, -0.1) is 0 Å². The Morgan fingerprint density at radius 3 is 2.00 bits per heavy atom. The van der Waals surface area contributed by atoms with Gasteiger partial charge in [0.15, 0.2) is 5.78 Å². The summed E-state index contributed by atoms with van der Waals surface area (Å²) in [6.07, 6.45) is 7.23. The fourth-order valence-electron chi connectivity index (χ4n) is 1.92. The van der Waals surface area contributed by atoms with Crippen molar-refractivity contribution >= 4 is 39.0 Å². The number of amides is 1. The summed E-state index contributed by atoms with van der Waals surface area (Å²) in [6, 6.07) is 6.24. The number of allylic oxidation sites excluding steroid dienone is 1. The number of nitrogens with two attached hydrogens (primary N) is 1. The summed E-state index contributed by atoms with van der Waals surface area (Å²) in [4.78, 5) is 22.4. The van der Waals surface area contributed by atoms with Crippen LogP contribution in [0.25, 0.3) is 10.9 Å². The zero-order chi connectivity index (χ0) is 24.1. The van der Waals surface area contributed by atoms with Crippen LogP contribution in [0.5, 0.6) is 0 Å². The van der Waals surface area contributed by atoms with E-state index in [0.29, 0.717) is 0 Å². The predicted octanol–water partition coefficient (Wildman–Crippen LogP) is 7.60. The molecule has 3 N–H and O–H groups in total. The van der Waals surface area contributed by atoms with Crippen LogP contribution in [-0.4, -0.2) is 17.2 Å². The molecule has 1 heterocycles. The number of fused-ring (bicyclic) bond motifs is 1. The third kappa shape index (κ3) is 16.0. The van der Waals surface area contributed by atoms with E-state index in [9.17, 15) is 4.79 Å². The summed E-state index contributed by atoms with van der Waals surface area (Å²) in [7, 11) is 0. The second-order valence-corrected chi connectivity index (χ2v) is 7.55. The minimum Gasteiger partial charge on any atom is -0.372 e. The predicted molar refractivity (Wildman–Crippen MR) is 137 cm³/mol. The first-order valence-electron chi connectivity index (χ1n) is 10.8. The third-order valence-corrected chi connectivity index (χ3v) is 5.04. The first kappa shape index (κ1) is 32.8. The molecule has 1 atom stereocenters. The molecule has 1 aromatic heterocycles. The standard InChI is InChI=1S/C9H8BrN.C7H12O.C6H14.C2H6.CH3NO/c1-6-5-11-9-3-2-7(10)4-8(6)9;1-4-6(3)7(8)5-2;1-4-6(3)5-2;1-2;2-1-3/h2-5,11H,1H3;5-6H,2,4H2,1,3H3;6H,4-5H2,1-3H3;1-2H3;1H,(H2,2,3). The van der Waals surface area contributed by atoms with Crippen LogP contribution in [-0.2, 0) is 9.59 Å². The molecule has 0 aliphatic carbocycles. The lowest BCUT2D eigenvalue weighted by atomic mass is 10.0. The van der Waals surface area contributed by atoms with Gasteiger partial charge in [0.25, 0.3) is 0 Å². The van der Waals surface area contributed by atoms with Crippen LogP contribution in [0.15, 0.2) is 41.5 Å². The van der Waals surface area contributed by atoms with E-state index < -0.39 is 0 Å². The van der Waals surface area contributed by atoms with E-state index in [1.165, 1.54) is 35.4 Å². The van der Waals surface area contributed by atoms with Crippen LogP contribution in [0, 0.1) is 18.8 Å². The maximum atomic E-state index is 10.6. The molecule has 0 aliphatic heterocycles. The fourth-order valence-corrected chi connectivity index (χ4v) is 2.28. The minimum atomic E-state index is 0.146. The van der Waals surface area contributed by atoms with Crippen molar-refractivity contribution in [1.82, 2.24) is 4.98 Å². The molecule has 30 heavy (non-hydrogen) atoms. The number of aromatic nitrogens is 1. The molecule has 172 valence electrons. The van der Waals surface area contributed by atoms with Gasteiger partial charge < -0.3 is 10.7 Å². The number of primary amides is 1. The number of carbonyl (C=O) groups excluding carboxylic acids is 2. The lowest BCUT2D eigenvalue weighted by Gasteiger charge is -1.99. The van der Waals surface area contributed by atoms with Gasteiger partial charge in [0.1, 0.15) is 0 Å². The summed E-state index contributed by atoms with van der Waals surface area (Å²) in [6.45, 7) is 20.1. The van der Waals surface area contributed by atoms with Gasteiger partial charge in [-0.05, 0) is 49.1 Å². The first-order chi connectivity index (χ1) is 14.2. The Balaban J connectivity index is -0.000000342. The maximum Gasteiger partial charge on any atom is 0.204 e. The van der Waals surface area contributed by atoms with Crippen LogP contribution < -0.4 is 5.73 Å². The number of halogens is 1. The molecule has 0 aliphatic rings. The van der Waals surface area contributed by atoms with Crippen LogP contribution in [0.2, 0.25) is 0 Å². The molecular formula is C25H43BrN2O2. The van der Waals surface area contributed by atoms with E-state index in [4.69, 9.17) is 4.79 Å². The van der Waals surface area contributed by atoms with Crippen molar-refractivity contribution in [2.75, 3.05) is 0 Å². The average molecular weight is 484 g/mol. The summed E-state index contributed by atoms with van der Waals surface area (Å²) in [5, 5.41) is 1.29. The lowest BCUT2D eigenvalue weighted by molar-refractivity contribution is -0.117. The number of carbonyl (C=O) groups is 2. The monoisotopic (exact) mass is 482 g/mol. The Bertz CT molecular complexity index is 692. The molecule has 2 aromatic rings. The average Bonchev–Trinajstić information content (AvgIpc) is 3.14. The van der Waals surface area contributed by atoms with Gasteiger partial charge in [0, 0.05) is 27.5 Å². The number of rotatable bonds is 5. The van der Waals surface area contributed by atoms with Crippen LogP contribution in [0.1, 0.15) is 73.3 Å². The van der Waals surface area contributed by atoms with E-state index >= 15 is 0 Å². The second-order valence-electron chi connectivity index (χ2n) is 6.64. The maximum absolute atomic E-state index is 10.6. The quantitative estimate of drug-likeness (QED) is 0.339. The molecule has 5 heteroatoms. The van der Waals surface area contributed by atoms with Crippen molar-refractivity contribution in [3.8, 4) is 0 Å². The summed E-state index contributed by atoms with van der Waals surface area (Å²) in [5.74, 6) is 1.24. The number of H-pyrrole nitrogens is 1. The normalized spacial score (nSPS) is 9.93. The van der Waals surface area contributed by atoms with Crippen LogP contribution in [0.4, 0.5) is 0 Å². The lowest BCUT2D eigenvalue weighted by Crippen LogP contribution is -2.04. The topological polar surface area (TPSA) is 75.9 Å². The summed E-state index contributed by atoms with van der Waals surface area (Å²) >= 11 is 3.44. The van der Waals surface area contributed by atoms with Gasteiger partial charge in [0.05, 0.1) is 0 Å². The SMILES string of the molecule is C=CC(=O)C(C)CC.CC.CCC(C)CC.Cc1c[nH]c2ccc(Br)cc12.NC=O. The van der Waals surface area contributed by atoms with Crippen molar-refractivity contribution in [3.63, 3.8) is 0 Å². The Morgan fingerprint density at radius 1 is 1.17 bits per heavy atom. The molecule has 2 rings (SSSR count). The number of ketones is 1. The Labute approximate surface area is 192 Å². The smallest absolute Gasteiger partial charge is 0.204 e. The van der Waals surface area contributed by atoms with Crippen LogP contribution in [0.3, 0.4) is 0 Å². The van der Waals surface area contributed by atoms with Gasteiger partial charge in [-0.3, -0.25) is 9.59 Å². The van der Waals surface area contributed by atoms with E-state index in [1.54, 1.807) is 0 Å².